The van der Waals surface area contributed by atoms with Crippen LogP contribution in [0.25, 0.3) is 0 Å². The maximum Gasteiger partial charge on any atom is 0.221 e. The van der Waals surface area contributed by atoms with Gasteiger partial charge < -0.3 is 10.6 Å². The summed E-state index contributed by atoms with van der Waals surface area (Å²) in [4.78, 5) is 14.1. The van der Waals surface area contributed by atoms with E-state index in [1.165, 1.54) is 9.75 Å². The van der Waals surface area contributed by atoms with E-state index in [9.17, 15) is 4.79 Å². The Labute approximate surface area is 100 Å². The van der Waals surface area contributed by atoms with Crippen LogP contribution in [0.2, 0.25) is 0 Å². The van der Waals surface area contributed by atoms with Gasteiger partial charge in [-0.1, -0.05) is 0 Å². The second kappa shape index (κ2) is 5.46. The van der Waals surface area contributed by atoms with Gasteiger partial charge in [0.25, 0.3) is 0 Å². The molecule has 16 heavy (non-hydrogen) atoms. The highest BCUT2D eigenvalue weighted by molar-refractivity contribution is 7.11. The molecule has 1 aromatic rings. The number of thiophene rings is 1. The number of carbonyl (C=O) groups excluding carboxylic acids is 1. The maximum atomic E-state index is 11.4. The minimum Gasteiger partial charge on any atom is -0.356 e. The zero-order valence-corrected chi connectivity index (χ0v) is 10.4. The van der Waals surface area contributed by atoms with Crippen molar-refractivity contribution in [3.63, 3.8) is 0 Å². The van der Waals surface area contributed by atoms with Gasteiger partial charge in [0.15, 0.2) is 0 Å². The maximum absolute atomic E-state index is 11.4. The molecule has 0 spiro atoms. The fraction of sp³-hybridized carbons (Fsp3) is 0.583. The molecule has 1 aliphatic heterocycles. The first-order chi connectivity index (χ1) is 7.74. The van der Waals surface area contributed by atoms with Gasteiger partial charge in [-0.25, -0.2) is 0 Å². The molecule has 2 rings (SSSR count). The van der Waals surface area contributed by atoms with Gasteiger partial charge in [-0.05, 0) is 31.9 Å². The van der Waals surface area contributed by atoms with Gasteiger partial charge in [0.05, 0.1) is 0 Å². The minimum atomic E-state index is 0.178. The second-order valence-electron chi connectivity index (χ2n) is 4.29. The van der Waals surface area contributed by atoms with Crippen molar-refractivity contribution in [2.24, 2.45) is 0 Å². The van der Waals surface area contributed by atoms with Gasteiger partial charge in [-0.15, -0.1) is 11.3 Å². The predicted molar refractivity (Wildman–Crippen MR) is 66.5 cm³/mol. The van der Waals surface area contributed by atoms with E-state index in [2.05, 4.69) is 29.7 Å². The fourth-order valence-electron chi connectivity index (χ4n) is 1.97. The standard InChI is InChI=1S/C12H18N2OS/c1-9-4-5-11(16-9)8-14-10-3-2-6-13-12(15)7-10/h4-5,10,14H,2-3,6-8H2,1H3,(H,13,15). The third-order valence-corrected chi connectivity index (χ3v) is 3.84. The summed E-state index contributed by atoms with van der Waals surface area (Å²) >= 11 is 1.82. The molecule has 4 heteroatoms. The molecule has 88 valence electrons. The molecule has 1 aliphatic rings. The van der Waals surface area contributed by atoms with Crippen LogP contribution in [0.4, 0.5) is 0 Å². The Morgan fingerprint density at radius 3 is 3.19 bits per heavy atom. The van der Waals surface area contributed by atoms with Crippen LogP contribution in [0.15, 0.2) is 12.1 Å². The molecule has 2 heterocycles. The highest BCUT2D eigenvalue weighted by atomic mass is 32.1. The number of amides is 1. The monoisotopic (exact) mass is 238 g/mol. The SMILES string of the molecule is Cc1ccc(CNC2CCCNC(=O)C2)s1. The molecule has 0 radical (unpaired) electrons. The predicted octanol–water partition coefficient (Wildman–Crippen LogP) is 1.81. The number of rotatable bonds is 3. The third kappa shape index (κ3) is 3.32. The summed E-state index contributed by atoms with van der Waals surface area (Å²) in [5, 5.41) is 6.37. The summed E-state index contributed by atoms with van der Waals surface area (Å²) in [7, 11) is 0. The van der Waals surface area contributed by atoms with Crippen LogP contribution in [-0.4, -0.2) is 18.5 Å². The summed E-state index contributed by atoms with van der Waals surface area (Å²) in [6.45, 7) is 3.83. The molecule has 2 N–H and O–H groups in total. The van der Waals surface area contributed by atoms with E-state index >= 15 is 0 Å². The molecule has 1 amide bonds. The summed E-state index contributed by atoms with van der Waals surface area (Å²) in [6, 6.07) is 4.63. The van der Waals surface area contributed by atoms with Crippen molar-refractivity contribution in [2.75, 3.05) is 6.54 Å². The molecule has 0 saturated carbocycles. The average Bonchev–Trinajstić information content (AvgIpc) is 2.55. The summed E-state index contributed by atoms with van der Waals surface area (Å²) in [5.74, 6) is 0.178. The zero-order chi connectivity index (χ0) is 11.4. The van der Waals surface area contributed by atoms with Gasteiger partial charge in [0.1, 0.15) is 0 Å². The summed E-state index contributed by atoms with van der Waals surface area (Å²) in [6.07, 6.45) is 2.78. The molecule has 3 nitrogen and oxygen atoms in total. The molecular formula is C12H18N2OS. The first kappa shape index (κ1) is 11.6. The lowest BCUT2D eigenvalue weighted by Crippen LogP contribution is -2.31. The van der Waals surface area contributed by atoms with Gasteiger partial charge in [-0.3, -0.25) is 4.79 Å². The average molecular weight is 238 g/mol. The van der Waals surface area contributed by atoms with E-state index in [-0.39, 0.29) is 5.91 Å². The van der Waals surface area contributed by atoms with Crippen molar-refractivity contribution in [2.45, 2.75) is 38.8 Å². The van der Waals surface area contributed by atoms with E-state index in [0.717, 1.165) is 25.9 Å². The highest BCUT2D eigenvalue weighted by Gasteiger charge is 2.16. The van der Waals surface area contributed by atoms with Gasteiger partial charge >= 0.3 is 0 Å². The first-order valence-electron chi connectivity index (χ1n) is 5.79. The Balaban J connectivity index is 1.82. The number of aryl methyl sites for hydroxylation is 1. The van der Waals surface area contributed by atoms with E-state index in [1.807, 2.05) is 11.3 Å². The van der Waals surface area contributed by atoms with Gasteiger partial charge in [0.2, 0.25) is 5.91 Å². The first-order valence-corrected chi connectivity index (χ1v) is 6.61. The van der Waals surface area contributed by atoms with Crippen LogP contribution in [0.3, 0.4) is 0 Å². The largest absolute Gasteiger partial charge is 0.356 e. The smallest absolute Gasteiger partial charge is 0.221 e. The molecule has 0 aliphatic carbocycles. The Morgan fingerprint density at radius 1 is 1.56 bits per heavy atom. The van der Waals surface area contributed by atoms with Crippen LogP contribution in [-0.2, 0) is 11.3 Å². The fourth-order valence-corrected chi connectivity index (χ4v) is 2.81. The summed E-state index contributed by atoms with van der Waals surface area (Å²) < 4.78 is 0. The van der Waals surface area contributed by atoms with E-state index < -0.39 is 0 Å². The zero-order valence-electron chi connectivity index (χ0n) is 9.58. The molecule has 1 saturated heterocycles. The molecule has 0 aromatic carbocycles. The van der Waals surface area contributed by atoms with Crippen LogP contribution in [0.5, 0.6) is 0 Å². The second-order valence-corrected chi connectivity index (χ2v) is 5.66. The van der Waals surface area contributed by atoms with Crippen molar-refractivity contribution < 1.29 is 4.79 Å². The lowest BCUT2D eigenvalue weighted by Gasteiger charge is -2.14. The van der Waals surface area contributed by atoms with Crippen LogP contribution in [0, 0.1) is 6.92 Å². The number of carbonyl (C=O) groups is 1. The Bertz CT molecular complexity index is 362. The van der Waals surface area contributed by atoms with Crippen LogP contribution in [0.1, 0.15) is 29.0 Å². The number of hydrogen-bond donors (Lipinski definition) is 2. The lowest BCUT2D eigenvalue weighted by molar-refractivity contribution is -0.121. The van der Waals surface area contributed by atoms with Gasteiger partial charge in [-0.2, -0.15) is 0 Å². The Hall–Kier alpha value is -0.870. The molecule has 1 atom stereocenters. The molecule has 0 bridgehead atoms. The molecular weight excluding hydrogens is 220 g/mol. The van der Waals surface area contributed by atoms with Gasteiger partial charge in [0, 0.05) is 35.3 Å². The quantitative estimate of drug-likeness (QED) is 0.843. The Kier molecular flexibility index (Phi) is 3.96. The van der Waals surface area contributed by atoms with Crippen LogP contribution >= 0.6 is 11.3 Å². The molecule has 1 unspecified atom stereocenters. The van der Waals surface area contributed by atoms with E-state index in [0.29, 0.717) is 12.5 Å². The topological polar surface area (TPSA) is 41.1 Å². The van der Waals surface area contributed by atoms with E-state index in [1.54, 1.807) is 0 Å². The van der Waals surface area contributed by atoms with Crippen molar-refractivity contribution in [1.29, 1.82) is 0 Å². The number of hydrogen-bond acceptors (Lipinski definition) is 3. The molecule has 1 aromatic heterocycles. The molecule has 1 fully saturated rings. The van der Waals surface area contributed by atoms with E-state index in [4.69, 9.17) is 0 Å². The summed E-state index contributed by atoms with van der Waals surface area (Å²) in [5.41, 5.74) is 0. The Morgan fingerprint density at radius 2 is 2.44 bits per heavy atom. The third-order valence-electron chi connectivity index (χ3n) is 2.84. The van der Waals surface area contributed by atoms with Crippen molar-refractivity contribution in [3.8, 4) is 0 Å². The number of nitrogens with one attached hydrogen (secondary N) is 2. The van der Waals surface area contributed by atoms with Crippen molar-refractivity contribution in [3.05, 3.63) is 21.9 Å². The van der Waals surface area contributed by atoms with Crippen molar-refractivity contribution in [1.82, 2.24) is 10.6 Å². The minimum absolute atomic E-state index is 0.178. The lowest BCUT2D eigenvalue weighted by atomic mass is 10.1. The van der Waals surface area contributed by atoms with Crippen LogP contribution < -0.4 is 10.6 Å². The normalized spacial score (nSPS) is 21.6. The highest BCUT2D eigenvalue weighted by Crippen LogP contribution is 2.15. The van der Waals surface area contributed by atoms with Crippen molar-refractivity contribution >= 4 is 17.2 Å².